The highest BCUT2D eigenvalue weighted by Gasteiger charge is 2.27. The zero-order chi connectivity index (χ0) is 15.1. The Morgan fingerprint density at radius 3 is 2.40 bits per heavy atom. The van der Waals surface area contributed by atoms with E-state index in [1.807, 2.05) is 13.0 Å². The molecule has 0 aliphatic heterocycles. The maximum absolute atomic E-state index is 11.9. The van der Waals surface area contributed by atoms with Crippen molar-refractivity contribution in [2.45, 2.75) is 19.4 Å². The van der Waals surface area contributed by atoms with E-state index in [4.69, 9.17) is 4.74 Å². The van der Waals surface area contributed by atoms with Crippen LogP contribution in [0.4, 0.5) is 0 Å². The molecule has 0 unspecified atom stereocenters. The first-order valence-electron chi connectivity index (χ1n) is 5.90. The topological polar surface area (TPSA) is 78.9 Å². The molecule has 0 bridgehead atoms. The summed E-state index contributed by atoms with van der Waals surface area (Å²) >= 11 is 0. The number of hydrogen-bond acceptors (Lipinski definition) is 6. The Morgan fingerprint density at radius 1 is 1.15 bits per heavy atom. The van der Waals surface area contributed by atoms with Crippen molar-refractivity contribution in [1.82, 2.24) is 0 Å². The molecule has 0 fully saturated rings. The van der Waals surface area contributed by atoms with E-state index in [0.29, 0.717) is 5.56 Å². The quantitative estimate of drug-likeness (QED) is 0.596. The number of benzene rings is 1. The molecule has 0 amide bonds. The summed E-state index contributed by atoms with van der Waals surface area (Å²) in [5.74, 6) is -2.18. The van der Waals surface area contributed by atoms with Gasteiger partial charge in [0.05, 0.1) is 26.2 Å². The smallest absolute Gasteiger partial charge is 0.347 e. The molecule has 1 atom stereocenters. The van der Waals surface area contributed by atoms with E-state index in [1.165, 1.54) is 7.11 Å². The molecule has 20 heavy (non-hydrogen) atoms. The molecule has 0 spiro atoms. The van der Waals surface area contributed by atoms with Crippen LogP contribution in [0.2, 0.25) is 0 Å². The highest BCUT2D eigenvalue weighted by Crippen LogP contribution is 2.10. The summed E-state index contributed by atoms with van der Waals surface area (Å²) < 4.78 is 13.9. The van der Waals surface area contributed by atoms with E-state index >= 15 is 0 Å². The molecule has 1 aromatic carbocycles. The van der Waals surface area contributed by atoms with Crippen LogP contribution in [0.3, 0.4) is 0 Å². The highest BCUT2D eigenvalue weighted by molar-refractivity contribution is 5.92. The van der Waals surface area contributed by atoms with E-state index in [-0.39, 0.29) is 6.42 Å². The first-order valence-corrected chi connectivity index (χ1v) is 5.90. The molecule has 0 radical (unpaired) electrons. The number of carbonyl (C=O) groups is 3. The summed E-state index contributed by atoms with van der Waals surface area (Å²) in [5.41, 5.74) is 1.17. The fraction of sp³-hybridized carbons (Fsp3) is 0.357. The second kappa shape index (κ2) is 7.28. The van der Waals surface area contributed by atoms with Crippen LogP contribution in [0, 0.1) is 6.92 Å². The second-order valence-corrected chi connectivity index (χ2v) is 4.07. The van der Waals surface area contributed by atoms with E-state index in [2.05, 4.69) is 9.47 Å². The molecule has 0 aliphatic carbocycles. The third-order valence-electron chi connectivity index (χ3n) is 2.55. The zero-order valence-electron chi connectivity index (χ0n) is 11.5. The van der Waals surface area contributed by atoms with Crippen molar-refractivity contribution in [3.8, 4) is 0 Å². The summed E-state index contributed by atoms with van der Waals surface area (Å²) in [6.45, 7) is 1.82. The van der Waals surface area contributed by atoms with E-state index in [0.717, 1.165) is 12.7 Å². The van der Waals surface area contributed by atoms with Gasteiger partial charge in [0.15, 0.2) is 0 Å². The lowest BCUT2D eigenvalue weighted by atomic mass is 10.1. The Morgan fingerprint density at radius 2 is 1.85 bits per heavy atom. The van der Waals surface area contributed by atoms with Crippen molar-refractivity contribution >= 4 is 17.9 Å². The molecule has 1 rings (SSSR count). The summed E-state index contributed by atoms with van der Waals surface area (Å²) in [6.07, 6.45) is -1.71. The lowest BCUT2D eigenvalue weighted by molar-refractivity contribution is -0.157. The molecule has 6 nitrogen and oxygen atoms in total. The second-order valence-electron chi connectivity index (χ2n) is 4.07. The average molecular weight is 280 g/mol. The monoisotopic (exact) mass is 280 g/mol. The molecule has 1 aromatic rings. The van der Waals surface area contributed by atoms with Crippen molar-refractivity contribution in [3.63, 3.8) is 0 Å². The molecule has 0 saturated heterocycles. The average Bonchev–Trinajstić information content (AvgIpc) is 2.45. The van der Waals surface area contributed by atoms with Crippen molar-refractivity contribution in [3.05, 3.63) is 35.4 Å². The molecule has 0 heterocycles. The Bertz CT molecular complexity index is 508. The number of aryl methyl sites for hydroxylation is 1. The maximum Gasteiger partial charge on any atom is 0.347 e. The van der Waals surface area contributed by atoms with Gasteiger partial charge >= 0.3 is 17.9 Å². The number of ether oxygens (including phenoxy) is 3. The lowest BCUT2D eigenvalue weighted by Gasteiger charge is -2.14. The van der Waals surface area contributed by atoms with Crippen LogP contribution in [0.15, 0.2) is 24.3 Å². The van der Waals surface area contributed by atoms with Crippen LogP contribution < -0.4 is 0 Å². The van der Waals surface area contributed by atoms with Crippen LogP contribution in [0.1, 0.15) is 22.3 Å². The molecule has 0 saturated carbocycles. The van der Waals surface area contributed by atoms with E-state index in [9.17, 15) is 14.4 Å². The van der Waals surface area contributed by atoms with Crippen LogP contribution in [-0.4, -0.2) is 38.2 Å². The highest BCUT2D eigenvalue weighted by atomic mass is 16.6. The van der Waals surface area contributed by atoms with Gasteiger partial charge in [0.1, 0.15) is 0 Å². The third-order valence-corrected chi connectivity index (χ3v) is 2.55. The summed E-state index contributed by atoms with van der Waals surface area (Å²) in [7, 11) is 2.33. The van der Waals surface area contributed by atoms with Crippen molar-refractivity contribution in [2.24, 2.45) is 0 Å². The lowest BCUT2D eigenvalue weighted by Crippen LogP contribution is -2.31. The van der Waals surface area contributed by atoms with Gasteiger partial charge in [-0.05, 0) is 19.1 Å². The molecular weight excluding hydrogens is 264 g/mol. The third kappa shape index (κ3) is 4.38. The van der Waals surface area contributed by atoms with Crippen molar-refractivity contribution in [2.75, 3.05) is 14.2 Å². The summed E-state index contributed by atoms with van der Waals surface area (Å²) in [6, 6.07) is 6.69. The van der Waals surface area contributed by atoms with Gasteiger partial charge in [-0.2, -0.15) is 0 Å². The van der Waals surface area contributed by atoms with Crippen LogP contribution >= 0.6 is 0 Å². The Kier molecular flexibility index (Phi) is 5.71. The van der Waals surface area contributed by atoms with Gasteiger partial charge in [-0.15, -0.1) is 0 Å². The fourth-order valence-corrected chi connectivity index (χ4v) is 1.51. The predicted octanol–water partition coefficient (Wildman–Crippen LogP) is 1.26. The zero-order valence-corrected chi connectivity index (χ0v) is 11.5. The van der Waals surface area contributed by atoms with Gasteiger partial charge in [0.25, 0.3) is 0 Å². The number of hydrogen-bond donors (Lipinski definition) is 0. The number of rotatable bonds is 5. The molecule has 0 aromatic heterocycles. The van der Waals surface area contributed by atoms with E-state index in [1.54, 1.807) is 18.2 Å². The van der Waals surface area contributed by atoms with Crippen LogP contribution in [-0.2, 0) is 23.8 Å². The maximum atomic E-state index is 11.9. The largest absolute Gasteiger partial charge is 0.469 e. The molecule has 0 aliphatic rings. The van der Waals surface area contributed by atoms with Gasteiger partial charge in [-0.25, -0.2) is 9.59 Å². The van der Waals surface area contributed by atoms with Crippen molar-refractivity contribution in [1.29, 1.82) is 0 Å². The first kappa shape index (κ1) is 15.7. The van der Waals surface area contributed by atoms with Crippen LogP contribution in [0.5, 0.6) is 0 Å². The number of carbonyl (C=O) groups excluding carboxylic acids is 3. The molecule has 6 heteroatoms. The standard InChI is InChI=1S/C14H16O6/c1-9-5-4-6-10(7-9)13(16)20-11(14(17)19-3)8-12(15)18-2/h4-7,11H,8H2,1-3H3/t11-/m1/s1. The first-order chi connectivity index (χ1) is 9.47. The summed E-state index contributed by atoms with van der Waals surface area (Å²) in [5, 5.41) is 0. The van der Waals surface area contributed by atoms with Crippen molar-refractivity contribution < 1.29 is 28.6 Å². The predicted molar refractivity (Wildman–Crippen MR) is 69.0 cm³/mol. The van der Waals surface area contributed by atoms with Crippen LogP contribution in [0.25, 0.3) is 0 Å². The molecule has 108 valence electrons. The minimum Gasteiger partial charge on any atom is -0.469 e. The molecule has 0 N–H and O–H groups in total. The Labute approximate surface area is 116 Å². The Hall–Kier alpha value is -2.37. The van der Waals surface area contributed by atoms with E-state index < -0.39 is 24.0 Å². The SMILES string of the molecule is COC(=O)C[C@@H](OC(=O)c1cccc(C)c1)C(=O)OC. The van der Waals surface area contributed by atoms with Gasteiger partial charge in [-0.1, -0.05) is 17.7 Å². The van der Waals surface area contributed by atoms with Gasteiger partial charge in [0, 0.05) is 0 Å². The fourth-order valence-electron chi connectivity index (χ4n) is 1.51. The summed E-state index contributed by atoms with van der Waals surface area (Å²) in [4.78, 5) is 34.6. The van der Waals surface area contributed by atoms with Gasteiger partial charge in [-0.3, -0.25) is 4.79 Å². The minimum atomic E-state index is -1.32. The molecular formula is C14H16O6. The normalized spacial score (nSPS) is 11.3. The number of esters is 3. The van der Waals surface area contributed by atoms with Gasteiger partial charge < -0.3 is 14.2 Å². The minimum absolute atomic E-state index is 0.295. The number of methoxy groups -OCH3 is 2. The van der Waals surface area contributed by atoms with Gasteiger partial charge in [0.2, 0.25) is 6.10 Å². The Balaban J connectivity index is 2.81.